The Labute approximate surface area is 111 Å². The first-order chi connectivity index (χ1) is 8.79. The zero-order chi connectivity index (χ0) is 12.8. The van der Waals surface area contributed by atoms with Gasteiger partial charge in [0.25, 0.3) is 0 Å². The molecule has 1 saturated carbocycles. The highest BCUT2D eigenvalue weighted by Crippen LogP contribution is 2.22. The van der Waals surface area contributed by atoms with Gasteiger partial charge in [-0.3, -0.25) is 4.90 Å². The van der Waals surface area contributed by atoms with Crippen LogP contribution in [-0.4, -0.2) is 18.0 Å². The normalized spacial score (nSPS) is 17.9. The second-order valence-electron chi connectivity index (χ2n) is 5.58. The second-order valence-corrected chi connectivity index (χ2v) is 5.58. The van der Waals surface area contributed by atoms with Crippen LogP contribution in [0.5, 0.6) is 0 Å². The highest BCUT2D eigenvalue weighted by atomic mass is 15.1. The van der Waals surface area contributed by atoms with E-state index in [0.29, 0.717) is 6.54 Å². The number of nitrogens with two attached hydrogens (primary N) is 1. The third-order valence-electron chi connectivity index (χ3n) is 4.11. The average molecular weight is 246 g/mol. The maximum Gasteiger partial charge on any atom is 0.0233 e. The lowest BCUT2D eigenvalue weighted by Crippen LogP contribution is -2.30. The Morgan fingerprint density at radius 1 is 1.11 bits per heavy atom. The third-order valence-corrected chi connectivity index (χ3v) is 4.11. The topological polar surface area (TPSA) is 29.3 Å². The Balaban J connectivity index is 1.94. The summed E-state index contributed by atoms with van der Waals surface area (Å²) in [6, 6.07) is 9.46. The number of nitrogens with zero attached hydrogens (tertiary/aromatic N) is 1. The summed E-state index contributed by atoms with van der Waals surface area (Å²) in [7, 11) is 2.27. The van der Waals surface area contributed by atoms with E-state index in [4.69, 9.17) is 5.73 Å². The van der Waals surface area contributed by atoms with Crippen LogP contribution in [0.3, 0.4) is 0 Å². The minimum atomic E-state index is 0.640. The van der Waals surface area contributed by atoms with Gasteiger partial charge in [0.2, 0.25) is 0 Å². The van der Waals surface area contributed by atoms with E-state index in [2.05, 4.69) is 36.2 Å². The monoisotopic (exact) mass is 246 g/mol. The molecule has 2 heteroatoms. The molecular weight excluding hydrogens is 220 g/mol. The maximum absolute atomic E-state index is 5.70. The van der Waals surface area contributed by atoms with E-state index in [0.717, 1.165) is 12.6 Å². The van der Waals surface area contributed by atoms with Crippen molar-refractivity contribution in [1.82, 2.24) is 4.90 Å². The van der Waals surface area contributed by atoms with Gasteiger partial charge in [0, 0.05) is 19.1 Å². The number of rotatable bonds is 4. The van der Waals surface area contributed by atoms with Gasteiger partial charge in [-0.05, 0) is 31.0 Å². The van der Waals surface area contributed by atoms with Crippen molar-refractivity contribution in [2.45, 2.75) is 57.7 Å². The van der Waals surface area contributed by atoms with Gasteiger partial charge in [-0.2, -0.15) is 0 Å². The first kappa shape index (κ1) is 13.6. The summed E-state index contributed by atoms with van der Waals surface area (Å²) in [4.78, 5) is 2.53. The Kier molecular flexibility index (Phi) is 5.21. The van der Waals surface area contributed by atoms with Gasteiger partial charge < -0.3 is 5.73 Å². The van der Waals surface area contributed by atoms with Gasteiger partial charge in [-0.25, -0.2) is 0 Å². The summed E-state index contributed by atoms with van der Waals surface area (Å²) in [6.45, 7) is 1.69. The van der Waals surface area contributed by atoms with E-state index in [9.17, 15) is 0 Å². The van der Waals surface area contributed by atoms with Crippen molar-refractivity contribution in [3.8, 4) is 0 Å². The second kappa shape index (κ2) is 6.91. The minimum absolute atomic E-state index is 0.640. The van der Waals surface area contributed by atoms with Crippen molar-refractivity contribution in [3.05, 3.63) is 35.4 Å². The molecule has 0 radical (unpaired) electrons. The van der Waals surface area contributed by atoms with Crippen LogP contribution in [0.4, 0.5) is 0 Å². The van der Waals surface area contributed by atoms with Crippen LogP contribution < -0.4 is 5.73 Å². The van der Waals surface area contributed by atoms with Crippen LogP contribution in [0.2, 0.25) is 0 Å². The number of hydrogen-bond donors (Lipinski definition) is 1. The molecule has 0 saturated heterocycles. The van der Waals surface area contributed by atoms with Gasteiger partial charge in [0.05, 0.1) is 0 Å². The molecule has 2 N–H and O–H groups in total. The molecular formula is C16H26N2. The molecule has 0 unspecified atom stereocenters. The molecule has 100 valence electrons. The standard InChI is InChI=1S/C16H26N2/c1-18(16-9-4-2-3-5-10-16)13-15-8-6-7-14(11-15)12-17/h6-8,11,16H,2-5,9-10,12-13,17H2,1H3. The molecule has 1 aliphatic carbocycles. The zero-order valence-corrected chi connectivity index (χ0v) is 11.6. The molecule has 2 rings (SSSR count). The van der Waals surface area contributed by atoms with Gasteiger partial charge >= 0.3 is 0 Å². The maximum atomic E-state index is 5.70. The van der Waals surface area contributed by atoms with E-state index >= 15 is 0 Å². The predicted molar refractivity (Wildman–Crippen MR) is 77.3 cm³/mol. The van der Waals surface area contributed by atoms with Crippen LogP contribution in [0.1, 0.15) is 49.7 Å². The van der Waals surface area contributed by atoms with Crippen LogP contribution in [0.25, 0.3) is 0 Å². The molecule has 1 fully saturated rings. The molecule has 1 aliphatic rings. The van der Waals surface area contributed by atoms with E-state index in [-0.39, 0.29) is 0 Å². The van der Waals surface area contributed by atoms with Crippen molar-refractivity contribution in [1.29, 1.82) is 0 Å². The van der Waals surface area contributed by atoms with Gasteiger partial charge in [-0.15, -0.1) is 0 Å². The smallest absolute Gasteiger partial charge is 0.0233 e. The predicted octanol–water partition coefficient (Wildman–Crippen LogP) is 3.30. The summed E-state index contributed by atoms with van der Waals surface area (Å²) in [5.74, 6) is 0. The van der Waals surface area contributed by atoms with Crippen LogP contribution >= 0.6 is 0 Å². The lowest BCUT2D eigenvalue weighted by Gasteiger charge is -2.27. The lowest BCUT2D eigenvalue weighted by atomic mass is 10.1. The number of hydrogen-bond acceptors (Lipinski definition) is 2. The largest absolute Gasteiger partial charge is 0.326 e. The number of benzene rings is 1. The summed E-state index contributed by atoms with van der Waals surface area (Å²) >= 11 is 0. The summed E-state index contributed by atoms with van der Waals surface area (Å²) in [5, 5.41) is 0. The lowest BCUT2D eigenvalue weighted by molar-refractivity contribution is 0.213. The van der Waals surface area contributed by atoms with Crippen LogP contribution in [-0.2, 0) is 13.1 Å². The van der Waals surface area contributed by atoms with E-state index < -0.39 is 0 Å². The molecule has 0 aliphatic heterocycles. The van der Waals surface area contributed by atoms with Crippen molar-refractivity contribution < 1.29 is 0 Å². The quantitative estimate of drug-likeness (QED) is 0.826. The Bertz CT molecular complexity index is 354. The summed E-state index contributed by atoms with van der Waals surface area (Å²) < 4.78 is 0. The molecule has 0 aromatic heterocycles. The summed E-state index contributed by atoms with van der Waals surface area (Å²) in [5.41, 5.74) is 8.33. The molecule has 2 nitrogen and oxygen atoms in total. The third kappa shape index (κ3) is 3.82. The molecule has 0 amide bonds. The highest BCUT2D eigenvalue weighted by Gasteiger charge is 2.16. The van der Waals surface area contributed by atoms with Crippen molar-refractivity contribution in [2.75, 3.05) is 7.05 Å². The molecule has 0 heterocycles. The summed E-state index contributed by atoms with van der Waals surface area (Å²) in [6.07, 6.45) is 8.38. The van der Waals surface area contributed by atoms with Crippen LogP contribution in [0, 0.1) is 0 Å². The van der Waals surface area contributed by atoms with E-state index in [1.54, 1.807) is 0 Å². The SMILES string of the molecule is CN(Cc1cccc(CN)c1)C1CCCCCC1. The minimum Gasteiger partial charge on any atom is -0.326 e. The molecule has 0 bridgehead atoms. The fourth-order valence-corrected chi connectivity index (χ4v) is 2.97. The zero-order valence-electron chi connectivity index (χ0n) is 11.6. The fourth-order valence-electron chi connectivity index (χ4n) is 2.97. The molecule has 18 heavy (non-hydrogen) atoms. The Morgan fingerprint density at radius 2 is 1.78 bits per heavy atom. The first-order valence-electron chi connectivity index (χ1n) is 7.27. The van der Waals surface area contributed by atoms with Gasteiger partial charge in [0.1, 0.15) is 0 Å². The van der Waals surface area contributed by atoms with E-state index in [1.807, 2.05) is 0 Å². The molecule has 0 spiro atoms. The van der Waals surface area contributed by atoms with Crippen molar-refractivity contribution in [2.24, 2.45) is 5.73 Å². The fraction of sp³-hybridized carbons (Fsp3) is 0.625. The molecule has 1 aromatic rings. The molecule has 1 aromatic carbocycles. The first-order valence-corrected chi connectivity index (χ1v) is 7.27. The molecule has 0 atom stereocenters. The van der Waals surface area contributed by atoms with Crippen LogP contribution in [0.15, 0.2) is 24.3 Å². The van der Waals surface area contributed by atoms with Crippen molar-refractivity contribution >= 4 is 0 Å². The van der Waals surface area contributed by atoms with E-state index in [1.165, 1.54) is 49.7 Å². The Morgan fingerprint density at radius 3 is 2.44 bits per heavy atom. The Hall–Kier alpha value is -0.860. The van der Waals surface area contributed by atoms with Gasteiger partial charge in [0.15, 0.2) is 0 Å². The van der Waals surface area contributed by atoms with Gasteiger partial charge in [-0.1, -0.05) is 49.9 Å². The van der Waals surface area contributed by atoms with Crippen molar-refractivity contribution in [3.63, 3.8) is 0 Å². The highest BCUT2D eigenvalue weighted by molar-refractivity contribution is 5.23. The average Bonchev–Trinajstić information content (AvgIpc) is 2.68.